The van der Waals surface area contributed by atoms with Crippen molar-refractivity contribution in [2.75, 3.05) is 11.9 Å². The molecule has 3 nitrogen and oxygen atoms in total. The highest BCUT2D eigenvalue weighted by Crippen LogP contribution is 2.25. The van der Waals surface area contributed by atoms with E-state index in [4.69, 9.17) is 0 Å². The fraction of sp³-hybridized carbons (Fsp3) is 0.533. The van der Waals surface area contributed by atoms with Crippen LogP contribution in [0.2, 0.25) is 0 Å². The molecule has 0 aromatic heterocycles. The molecule has 0 saturated heterocycles. The van der Waals surface area contributed by atoms with Crippen LogP contribution in [0.3, 0.4) is 0 Å². The second-order valence-electron chi connectivity index (χ2n) is 5.01. The highest BCUT2D eigenvalue weighted by molar-refractivity contribution is 5.95. The number of amides is 1. The van der Waals surface area contributed by atoms with E-state index in [0.29, 0.717) is 12.6 Å². The molecular formula is C15H22N2O. The maximum absolute atomic E-state index is 11.8. The van der Waals surface area contributed by atoms with Crippen LogP contribution in [-0.2, 0) is 0 Å². The van der Waals surface area contributed by atoms with Gasteiger partial charge in [-0.3, -0.25) is 4.79 Å². The molecule has 1 amide bonds. The number of rotatable bonds is 4. The van der Waals surface area contributed by atoms with Crippen LogP contribution >= 0.6 is 0 Å². The Hall–Kier alpha value is -1.51. The molecule has 3 heteroatoms. The van der Waals surface area contributed by atoms with E-state index in [1.165, 1.54) is 31.2 Å². The van der Waals surface area contributed by atoms with E-state index >= 15 is 0 Å². The standard InChI is InChI=1S/C15H22N2O/c1-3-16-15(18)12-9-8-11(2)14(10-12)17-13-6-4-5-7-13/h8-10,13,17H,3-7H2,1-2H3,(H,16,18). The van der Waals surface area contributed by atoms with E-state index in [-0.39, 0.29) is 5.91 Å². The van der Waals surface area contributed by atoms with E-state index in [1.807, 2.05) is 25.1 Å². The summed E-state index contributed by atoms with van der Waals surface area (Å²) in [6.45, 7) is 4.68. The molecular weight excluding hydrogens is 224 g/mol. The molecule has 1 aromatic rings. The van der Waals surface area contributed by atoms with Gasteiger partial charge in [0.15, 0.2) is 0 Å². The highest BCUT2D eigenvalue weighted by atomic mass is 16.1. The minimum Gasteiger partial charge on any atom is -0.382 e. The monoisotopic (exact) mass is 246 g/mol. The SMILES string of the molecule is CCNC(=O)c1ccc(C)c(NC2CCCC2)c1. The lowest BCUT2D eigenvalue weighted by molar-refractivity contribution is 0.0956. The number of anilines is 1. The van der Waals surface area contributed by atoms with Crippen LogP contribution in [0.25, 0.3) is 0 Å². The van der Waals surface area contributed by atoms with Gasteiger partial charge in [-0.1, -0.05) is 18.9 Å². The molecule has 1 aliphatic carbocycles. The van der Waals surface area contributed by atoms with Crippen molar-refractivity contribution in [3.8, 4) is 0 Å². The molecule has 98 valence electrons. The third-order valence-electron chi connectivity index (χ3n) is 3.55. The molecule has 1 saturated carbocycles. The molecule has 1 aromatic carbocycles. The predicted octanol–water partition coefficient (Wildman–Crippen LogP) is 3.10. The Balaban J connectivity index is 2.12. The Morgan fingerprint density at radius 3 is 2.72 bits per heavy atom. The fourth-order valence-electron chi connectivity index (χ4n) is 2.47. The maximum atomic E-state index is 11.8. The number of benzene rings is 1. The zero-order chi connectivity index (χ0) is 13.0. The third kappa shape index (κ3) is 3.03. The van der Waals surface area contributed by atoms with Crippen molar-refractivity contribution < 1.29 is 4.79 Å². The normalized spacial score (nSPS) is 15.7. The zero-order valence-corrected chi connectivity index (χ0v) is 11.3. The molecule has 0 aliphatic heterocycles. The van der Waals surface area contributed by atoms with Crippen LogP contribution in [0.4, 0.5) is 5.69 Å². The maximum Gasteiger partial charge on any atom is 0.251 e. The van der Waals surface area contributed by atoms with Gasteiger partial charge in [0.25, 0.3) is 5.91 Å². The summed E-state index contributed by atoms with van der Waals surface area (Å²) in [5.41, 5.74) is 3.04. The second kappa shape index (κ2) is 5.89. The number of hydrogen-bond acceptors (Lipinski definition) is 2. The third-order valence-corrected chi connectivity index (χ3v) is 3.55. The van der Waals surface area contributed by atoms with Crippen molar-refractivity contribution in [3.05, 3.63) is 29.3 Å². The molecule has 0 atom stereocenters. The van der Waals surface area contributed by atoms with E-state index in [1.54, 1.807) is 0 Å². The number of carbonyl (C=O) groups excluding carboxylic acids is 1. The van der Waals surface area contributed by atoms with Crippen molar-refractivity contribution in [1.29, 1.82) is 0 Å². The average Bonchev–Trinajstić information content (AvgIpc) is 2.85. The van der Waals surface area contributed by atoms with Crippen LogP contribution in [0, 0.1) is 6.92 Å². The van der Waals surface area contributed by atoms with Gasteiger partial charge in [-0.2, -0.15) is 0 Å². The van der Waals surface area contributed by atoms with Gasteiger partial charge < -0.3 is 10.6 Å². The first kappa shape index (κ1) is 12.9. The minimum atomic E-state index is 0.00646. The lowest BCUT2D eigenvalue weighted by Gasteiger charge is -2.16. The van der Waals surface area contributed by atoms with Crippen molar-refractivity contribution in [2.24, 2.45) is 0 Å². The van der Waals surface area contributed by atoms with Gasteiger partial charge in [0.1, 0.15) is 0 Å². The number of aryl methyl sites for hydroxylation is 1. The summed E-state index contributed by atoms with van der Waals surface area (Å²) in [6, 6.07) is 6.45. The summed E-state index contributed by atoms with van der Waals surface area (Å²) in [5.74, 6) is 0.00646. The van der Waals surface area contributed by atoms with Crippen LogP contribution < -0.4 is 10.6 Å². The fourth-order valence-corrected chi connectivity index (χ4v) is 2.47. The number of nitrogens with one attached hydrogen (secondary N) is 2. The lowest BCUT2D eigenvalue weighted by atomic mass is 10.1. The molecule has 18 heavy (non-hydrogen) atoms. The average molecular weight is 246 g/mol. The molecule has 0 spiro atoms. The van der Waals surface area contributed by atoms with Gasteiger partial charge in [-0.05, 0) is 44.4 Å². The first-order chi connectivity index (χ1) is 8.70. The molecule has 2 rings (SSSR count). The Labute approximate surface area is 109 Å². The molecule has 0 radical (unpaired) electrons. The predicted molar refractivity (Wildman–Crippen MR) is 75.1 cm³/mol. The first-order valence-corrected chi connectivity index (χ1v) is 6.86. The summed E-state index contributed by atoms with van der Waals surface area (Å²) in [6.07, 6.45) is 5.11. The van der Waals surface area contributed by atoms with Gasteiger partial charge in [-0.15, -0.1) is 0 Å². The largest absolute Gasteiger partial charge is 0.382 e. The topological polar surface area (TPSA) is 41.1 Å². The molecule has 0 bridgehead atoms. The Bertz CT molecular complexity index is 423. The van der Waals surface area contributed by atoms with Gasteiger partial charge in [0.05, 0.1) is 0 Å². The summed E-state index contributed by atoms with van der Waals surface area (Å²) < 4.78 is 0. The molecule has 2 N–H and O–H groups in total. The Morgan fingerprint density at radius 1 is 1.33 bits per heavy atom. The molecule has 0 heterocycles. The van der Waals surface area contributed by atoms with Crippen molar-refractivity contribution >= 4 is 11.6 Å². The zero-order valence-electron chi connectivity index (χ0n) is 11.3. The van der Waals surface area contributed by atoms with Crippen molar-refractivity contribution in [1.82, 2.24) is 5.32 Å². The van der Waals surface area contributed by atoms with Gasteiger partial charge in [-0.25, -0.2) is 0 Å². The van der Waals surface area contributed by atoms with Gasteiger partial charge >= 0.3 is 0 Å². The van der Waals surface area contributed by atoms with E-state index in [2.05, 4.69) is 17.6 Å². The van der Waals surface area contributed by atoms with Crippen LogP contribution in [0.15, 0.2) is 18.2 Å². The highest BCUT2D eigenvalue weighted by Gasteiger charge is 2.16. The summed E-state index contributed by atoms with van der Waals surface area (Å²) in [4.78, 5) is 11.8. The quantitative estimate of drug-likeness (QED) is 0.857. The Kier molecular flexibility index (Phi) is 4.24. The van der Waals surface area contributed by atoms with Crippen molar-refractivity contribution in [3.63, 3.8) is 0 Å². The van der Waals surface area contributed by atoms with E-state index in [9.17, 15) is 4.79 Å². The summed E-state index contributed by atoms with van der Waals surface area (Å²) in [7, 11) is 0. The van der Waals surface area contributed by atoms with Crippen LogP contribution in [-0.4, -0.2) is 18.5 Å². The van der Waals surface area contributed by atoms with Crippen LogP contribution in [0.1, 0.15) is 48.5 Å². The first-order valence-electron chi connectivity index (χ1n) is 6.86. The summed E-state index contributed by atoms with van der Waals surface area (Å²) in [5, 5.41) is 6.40. The second-order valence-corrected chi connectivity index (χ2v) is 5.01. The number of carbonyl (C=O) groups is 1. The smallest absolute Gasteiger partial charge is 0.251 e. The Morgan fingerprint density at radius 2 is 2.06 bits per heavy atom. The van der Waals surface area contributed by atoms with Crippen LogP contribution in [0.5, 0.6) is 0 Å². The lowest BCUT2D eigenvalue weighted by Crippen LogP contribution is -2.23. The summed E-state index contributed by atoms with van der Waals surface area (Å²) >= 11 is 0. The number of hydrogen-bond donors (Lipinski definition) is 2. The van der Waals surface area contributed by atoms with Gasteiger partial charge in [0.2, 0.25) is 0 Å². The molecule has 1 fully saturated rings. The van der Waals surface area contributed by atoms with Gasteiger partial charge in [0, 0.05) is 23.8 Å². The van der Waals surface area contributed by atoms with E-state index < -0.39 is 0 Å². The molecule has 0 unspecified atom stereocenters. The van der Waals surface area contributed by atoms with Crippen molar-refractivity contribution in [2.45, 2.75) is 45.6 Å². The molecule has 1 aliphatic rings. The minimum absolute atomic E-state index is 0.00646. The van der Waals surface area contributed by atoms with E-state index in [0.717, 1.165) is 11.3 Å².